The number of para-hydroxylation sites is 1. The Morgan fingerprint density at radius 2 is 1.81 bits per heavy atom. The summed E-state index contributed by atoms with van der Waals surface area (Å²) in [5.41, 5.74) is 1.91. The van der Waals surface area contributed by atoms with E-state index < -0.39 is 0 Å². The van der Waals surface area contributed by atoms with Crippen molar-refractivity contribution in [1.29, 1.82) is 0 Å². The number of benzene rings is 2. The second-order valence-corrected chi connectivity index (χ2v) is 6.89. The Kier molecular flexibility index (Phi) is 4.73. The number of hydrogen-bond donors (Lipinski definition) is 0. The molecule has 4 aromatic rings. The molecule has 0 atom stereocenters. The lowest BCUT2D eigenvalue weighted by atomic mass is 10.2. The highest BCUT2D eigenvalue weighted by molar-refractivity contribution is 7.98. The first kappa shape index (κ1) is 16.8. The monoisotopic (exact) mass is 383 g/mol. The predicted octanol–water partition coefficient (Wildman–Crippen LogP) is 4.57. The molecule has 0 saturated carbocycles. The molecule has 2 aromatic carbocycles. The largest absolute Gasteiger partial charge is 0.338 e. The number of nitrogens with zero attached hydrogens (tertiary/aromatic N) is 5. The van der Waals surface area contributed by atoms with Crippen molar-refractivity contribution < 1.29 is 4.52 Å². The first-order chi connectivity index (χ1) is 12.7. The Hall–Kier alpha value is -2.64. The number of rotatable bonds is 5. The van der Waals surface area contributed by atoms with Gasteiger partial charge in [-0.05, 0) is 43.3 Å². The van der Waals surface area contributed by atoms with Gasteiger partial charge in [0.15, 0.2) is 16.8 Å². The molecule has 0 saturated heterocycles. The zero-order valence-corrected chi connectivity index (χ0v) is 15.4. The van der Waals surface area contributed by atoms with Crippen LogP contribution >= 0.6 is 23.4 Å². The fraction of sp³-hybridized carbons (Fsp3) is 0.111. The van der Waals surface area contributed by atoms with Crippen LogP contribution in [0.4, 0.5) is 0 Å². The molecule has 0 fully saturated rings. The van der Waals surface area contributed by atoms with Crippen molar-refractivity contribution in [2.24, 2.45) is 0 Å². The van der Waals surface area contributed by atoms with Crippen molar-refractivity contribution in [3.63, 3.8) is 0 Å². The SMILES string of the molecule is Cc1noc(CSc2nnc(-c3ccc(Cl)cc3)n2-c2ccccc2)n1. The van der Waals surface area contributed by atoms with Gasteiger partial charge in [-0.15, -0.1) is 10.2 Å². The Morgan fingerprint density at radius 3 is 2.50 bits per heavy atom. The molecule has 6 nitrogen and oxygen atoms in total. The minimum atomic E-state index is 0.520. The molecular formula is C18H14ClN5OS. The van der Waals surface area contributed by atoms with E-state index in [1.807, 2.05) is 59.2 Å². The summed E-state index contributed by atoms with van der Waals surface area (Å²) in [4.78, 5) is 4.23. The number of aromatic nitrogens is 5. The third-order valence-corrected chi connectivity index (χ3v) is 4.81. The molecule has 0 aliphatic rings. The summed E-state index contributed by atoms with van der Waals surface area (Å²) in [6.45, 7) is 1.79. The van der Waals surface area contributed by atoms with Gasteiger partial charge in [0, 0.05) is 16.3 Å². The van der Waals surface area contributed by atoms with Crippen LogP contribution in [0.15, 0.2) is 64.3 Å². The Labute approximate surface area is 159 Å². The molecule has 0 aliphatic heterocycles. The maximum atomic E-state index is 6.01. The summed E-state index contributed by atoms with van der Waals surface area (Å²) in [5.74, 6) is 2.44. The standard InChI is InChI=1S/C18H14ClN5OS/c1-12-20-16(25-23-12)11-26-18-22-21-17(13-7-9-14(19)10-8-13)24(18)15-5-3-2-4-6-15/h2-10H,11H2,1H3. The number of aryl methyl sites for hydroxylation is 1. The second kappa shape index (κ2) is 7.31. The first-order valence-electron chi connectivity index (χ1n) is 7.89. The van der Waals surface area contributed by atoms with Crippen molar-refractivity contribution in [3.05, 3.63) is 71.3 Å². The van der Waals surface area contributed by atoms with E-state index in [1.54, 1.807) is 6.92 Å². The van der Waals surface area contributed by atoms with E-state index in [1.165, 1.54) is 11.8 Å². The number of hydrogen-bond acceptors (Lipinski definition) is 6. The van der Waals surface area contributed by atoms with Gasteiger partial charge in [-0.3, -0.25) is 4.57 Å². The van der Waals surface area contributed by atoms with Gasteiger partial charge in [0.25, 0.3) is 0 Å². The molecule has 0 unspecified atom stereocenters. The quantitative estimate of drug-likeness (QED) is 0.470. The molecule has 0 spiro atoms. The summed E-state index contributed by atoms with van der Waals surface area (Å²) < 4.78 is 7.19. The molecular weight excluding hydrogens is 370 g/mol. The third kappa shape index (κ3) is 3.49. The Bertz CT molecular complexity index is 1010. The molecule has 0 aliphatic carbocycles. The van der Waals surface area contributed by atoms with Crippen LogP contribution in [0.1, 0.15) is 11.7 Å². The topological polar surface area (TPSA) is 69.6 Å². The first-order valence-corrected chi connectivity index (χ1v) is 9.26. The summed E-state index contributed by atoms with van der Waals surface area (Å²) in [5, 5.41) is 14.0. The van der Waals surface area contributed by atoms with E-state index in [4.69, 9.17) is 16.1 Å². The molecule has 0 amide bonds. The van der Waals surface area contributed by atoms with Crippen LogP contribution in [0.3, 0.4) is 0 Å². The third-order valence-electron chi connectivity index (χ3n) is 3.64. The minimum absolute atomic E-state index is 0.520. The molecule has 2 heterocycles. The number of thioether (sulfide) groups is 1. The average molecular weight is 384 g/mol. The fourth-order valence-electron chi connectivity index (χ4n) is 2.48. The maximum absolute atomic E-state index is 6.01. The van der Waals surface area contributed by atoms with E-state index >= 15 is 0 Å². The van der Waals surface area contributed by atoms with Crippen LogP contribution in [0, 0.1) is 6.92 Å². The van der Waals surface area contributed by atoms with Gasteiger partial charge in [0.2, 0.25) is 5.89 Å². The molecule has 0 radical (unpaired) electrons. The van der Waals surface area contributed by atoms with Gasteiger partial charge >= 0.3 is 0 Å². The Balaban J connectivity index is 1.73. The van der Waals surface area contributed by atoms with Crippen molar-refractivity contribution in [3.8, 4) is 17.1 Å². The lowest BCUT2D eigenvalue weighted by Crippen LogP contribution is -1.99. The van der Waals surface area contributed by atoms with Gasteiger partial charge in [0.1, 0.15) is 0 Å². The number of halogens is 1. The molecule has 130 valence electrons. The lowest BCUT2D eigenvalue weighted by molar-refractivity contribution is 0.387. The van der Waals surface area contributed by atoms with Crippen LogP contribution in [0.5, 0.6) is 0 Å². The van der Waals surface area contributed by atoms with E-state index in [0.29, 0.717) is 22.5 Å². The van der Waals surface area contributed by atoms with Gasteiger partial charge in [-0.25, -0.2) is 0 Å². The lowest BCUT2D eigenvalue weighted by Gasteiger charge is -2.09. The van der Waals surface area contributed by atoms with Crippen LogP contribution in [0.25, 0.3) is 17.1 Å². The highest BCUT2D eigenvalue weighted by Crippen LogP contribution is 2.29. The molecule has 2 aromatic heterocycles. The van der Waals surface area contributed by atoms with E-state index in [2.05, 4.69) is 20.3 Å². The highest BCUT2D eigenvalue weighted by Gasteiger charge is 2.17. The smallest absolute Gasteiger partial charge is 0.237 e. The van der Waals surface area contributed by atoms with Crippen LogP contribution in [-0.2, 0) is 5.75 Å². The summed E-state index contributed by atoms with van der Waals surface area (Å²) in [7, 11) is 0. The maximum Gasteiger partial charge on any atom is 0.237 e. The summed E-state index contributed by atoms with van der Waals surface area (Å²) in [6.07, 6.45) is 0. The predicted molar refractivity (Wildman–Crippen MR) is 100 cm³/mol. The minimum Gasteiger partial charge on any atom is -0.338 e. The van der Waals surface area contributed by atoms with Gasteiger partial charge in [-0.1, -0.05) is 46.7 Å². The average Bonchev–Trinajstić information content (AvgIpc) is 3.27. The van der Waals surface area contributed by atoms with Crippen LogP contribution in [0.2, 0.25) is 5.02 Å². The van der Waals surface area contributed by atoms with Crippen molar-refractivity contribution >= 4 is 23.4 Å². The van der Waals surface area contributed by atoms with Crippen molar-refractivity contribution in [2.75, 3.05) is 0 Å². The molecule has 26 heavy (non-hydrogen) atoms. The van der Waals surface area contributed by atoms with Gasteiger partial charge in [0.05, 0.1) is 5.75 Å². The van der Waals surface area contributed by atoms with Crippen LogP contribution in [-0.4, -0.2) is 24.9 Å². The van der Waals surface area contributed by atoms with Crippen LogP contribution < -0.4 is 0 Å². The van der Waals surface area contributed by atoms with Gasteiger partial charge < -0.3 is 4.52 Å². The zero-order valence-electron chi connectivity index (χ0n) is 13.8. The van der Waals surface area contributed by atoms with E-state index in [0.717, 1.165) is 22.2 Å². The molecule has 8 heteroatoms. The second-order valence-electron chi connectivity index (χ2n) is 5.51. The normalized spacial score (nSPS) is 11.0. The van der Waals surface area contributed by atoms with E-state index in [9.17, 15) is 0 Å². The van der Waals surface area contributed by atoms with E-state index in [-0.39, 0.29) is 0 Å². The van der Waals surface area contributed by atoms with Gasteiger partial charge in [-0.2, -0.15) is 4.98 Å². The molecule has 4 rings (SSSR count). The van der Waals surface area contributed by atoms with Crippen molar-refractivity contribution in [1.82, 2.24) is 24.9 Å². The fourth-order valence-corrected chi connectivity index (χ4v) is 3.40. The summed E-state index contributed by atoms with van der Waals surface area (Å²) in [6, 6.07) is 17.5. The molecule has 0 N–H and O–H groups in total. The molecule has 0 bridgehead atoms. The highest BCUT2D eigenvalue weighted by atomic mass is 35.5. The van der Waals surface area contributed by atoms with Crippen molar-refractivity contribution in [2.45, 2.75) is 17.8 Å². The summed E-state index contributed by atoms with van der Waals surface area (Å²) >= 11 is 7.50. The zero-order chi connectivity index (χ0) is 17.9. The Morgan fingerprint density at radius 1 is 1.04 bits per heavy atom.